The van der Waals surface area contributed by atoms with Crippen LogP contribution in [-0.4, -0.2) is 0 Å². The number of fused-ring (bicyclic) bond motifs is 6. The quantitative estimate of drug-likeness (QED) is 0.147. The SMILES string of the molecule is c1ccc(-c2cccc(-c3ccc(N(c4ccc(-c5ccc6ccc7c8ccccc8ccc7c6c5)cc4)c4ccccc4-c4cccc5ccccc45)cc3)c2)cc1. The molecule has 0 saturated carbocycles. The van der Waals surface area contributed by atoms with Gasteiger partial charge in [-0.3, -0.25) is 0 Å². The fraction of sp³-hybridized carbons (Fsp3) is 0. The highest BCUT2D eigenvalue weighted by atomic mass is 15.1. The molecule has 0 spiro atoms. The van der Waals surface area contributed by atoms with Crippen LogP contribution < -0.4 is 4.90 Å². The minimum Gasteiger partial charge on any atom is -0.310 e. The highest BCUT2D eigenvalue weighted by Crippen LogP contribution is 2.44. The molecule has 0 radical (unpaired) electrons. The molecule has 0 N–H and O–H groups in total. The number of para-hydroxylation sites is 1. The zero-order chi connectivity index (χ0) is 39.1. The smallest absolute Gasteiger partial charge is 0.0540 e. The first-order valence-corrected chi connectivity index (χ1v) is 20.3. The van der Waals surface area contributed by atoms with E-state index in [1.165, 1.54) is 87.6 Å². The molecule has 0 aliphatic heterocycles. The van der Waals surface area contributed by atoms with Gasteiger partial charge in [0.15, 0.2) is 0 Å². The summed E-state index contributed by atoms with van der Waals surface area (Å²) in [5, 5.41) is 10.1. The molecule has 0 bridgehead atoms. The van der Waals surface area contributed by atoms with Gasteiger partial charge in [0.25, 0.3) is 0 Å². The monoisotopic (exact) mass is 749 g/mol. The summed E-state index contributed by atoms with van der Waals surface area (Å²) in [7, 11) is 0. The van der Waals surface area contributed by atoms with Crippen molar-refractivity contribution >= 4 is 60.2 Å². The molecule has 11 aromatic carbocycles. The summed E-state index contributed by atoms with van der Waals surface area (Å²) < 4.78 is 0. The van der Waals surface area contributed by atoms with Gasteiger partial charge in [0.1, 0.15) is 0 Å². The average molecular weight is 750 g/mol. The second-order valence-corrected chi connectivity index (χ2v) is 15.3. The van der Waals surface area contributed by atoms with Crippen LogP contribution in [0.3, 0.4) is 0 Å². The van der Waals surface area contributed by atoms with E-state index >= 15 is 0 Å². The van der Waals surface area contributed by atoms with Crippen LogP contribution in [0.15, 0.2) is 237 Å². The minimum absolute atomic E-state index is 1.10. The van der Waals surface area contributed by atoms with Gasteiger partial charge in [-0.15, -0.1) is 0 Å². The summed E-state index contributed by atoms with van der Waals surface area (Å²) in [6.45, 7) is 0. The van der Waals surface area contributed by atoms with Gasteiger partial charge in [0, 0.05) is 16.9 Å². The maximum Gasteiger partial charge on any atom is 0.0540 e. The highest BCUT2D eigenvalue weighted by molar-refractivity contribution is 6.17. The molecule has 0 unspecified atom stereocenters. The van der Waals surface area contributed by atoms with Gasteiger partial charge in [-0.2, -0.15) is 0 Å². The number of nitrogens with zero attached hydrogens (tertiary/aromatic N) is 1. The largest absolute Gasteiger partial charge is 0.310 e. The Kier molecular flexibility index (Phi) is 8.56. The van der Waals surface area contributed by atoms with Crippen molar-refractivity contribution < 1.29 is 0 Å². The van der Waals surface area contributed by atoms with E-state index in [9.17, 15) is 0 Å². The van der Waals surface area contributed by atoms with E-state index in [-0.39, 0.29) is 0 Å². The molecule has 0 atom stereocenters. The first-order valence-electron chi connectivity index (χ1n) is 20.3. The molecule has 0 aliphatic rings. The molecule has 0 fully saturated rings. The molecule has 59 heavy (non-hydrogen) atoms. The molecule has 1 nitrogen and oxygen atoms in total. The molecule has 0 heterocycles. The van der Waals surface area contributed by atoms with E-state index in [4.69, 9.17) is 0 Å². The average Bonchev–Trinajstić information content (AvgIpc) is 3.32. The van der Waals surface area contributed by atoms with Crippen molar-refractivity contribution in [3.8, 4) is 44.5 Å². The summed E-state index contributed by atoms with van der Waals surface area (Å²) in [6, 6.07) is 86.2. The lowest BCUT2D eigenvalue weighted by molar-refractivity contribution is 1.28. The van der Waals surface area contributed by atoms with Crippen LogP contribution in [0, 0.1) is 0 Å². The fourth-order valence-corrected chi connectivity index (χ4v) is 8.90. The maximum absolute atomic E-state index is 2.41. The summed E-state index contributed by atoms with van der Waals surface area (Å²) in [6.07, 6.45) is 0. The zero-order valence-electron chi connectivity index (χ0n) is 32.5. The fourth-order valence-electron chi connectivity index (χ4n) is 8.90. The molecule has 0 amide bonds. The Hall–Kier alpha value is -7.74. The van der Waals surface area contributed by atoms with Crippen molar-refractivity contribution in [2.75, 3.05) is 4.90 Å². The van der Waals surface area contributed by atoms with Crippen LogP contribution in [0.2, 0.25) is 0 Å². The molecule has 0 aliphatic carbocycles. The normalized spacial score (nSPS) is 11.4. The van der Waals surface area contributed by atoms with Crippen molar-refractivity contribution in [3.63, 3.8) is 0 Å². The predicted molar refractivity (Wildman–Crippen MR) is 253 cm³/mol. The number of rotatable bonds is 7. The van der Waals surface area contributed by atoms with Crippen LogP contribution in [-0.2, 0) is 0 Å². The van der Waals surface area contributed by atoms with Gasteiger partial charge in [0.05, 0.1) is 5.69 Å². The predicted octanol–water partition coefficient (Wildman–Crippen LogP) is 16.4. The first kappa shape index (κ1) is 34.5. The van der Waals surface area contributed by atoms with E-state index in [1.54, 1.807) is 0 Å². The van der Waals surface area contributed by atoms with E-state index in [0.29, 0.717) is 0 Å². The highest BCUT2D eigenvalue weighted by Gasteiger charge is 2.19. The van der Waals surface area contributed by atoms with Gasteiger partial charge in [-0.1, -0.05) is 194 Å². The third-order valence-electron chi connectivity index (χ3n) is 11.9. The van der Waals surface area contributed by atoms with Crippen LogP contribution in [0.4, 0.5) is 17.1 Å². The van der Waals surface area contributed by atoms with Crippen molar-refractivity contribution in [1.29, 1.82) is 0 Å². The molecule has 11 aromatic rings. The molecular formula is C58H39N. The topological polar surface area (TPSA) is 3.24 Å². The molecule has 276 valence electrons. The van der Waals surface area contributed by atoms with E-state index in [0.717, 1.165) is 17.1 Å². The molecule has 0 aromatic heterocycles. The molecule has 0 saturated heterocycles. The zero-order valence-corrected chi connectivity index (χ0v) is 32.5. The van der Waals surface area contributed by atoms with E-state index < -0.39 is 0 Å². The number of anilines is 3. The minimum atomic E-state index is 1.10. The van der Waals surface area contributed by atoms with Gasteiger partial charge in [-0.05, 0) is 124 Å². The standard InChI is InChI=1S/C58H39N/c1-2-12-40(13-3-1)46-17-10-18-47(38-46)41-26-32-49(33-27-41)59(58-23-9-8-21-56(58)53-22-11-16-43-14-4-6-19-51(43)53)50-34-28-42(29-35-50)48-25-24-45-31-36-54-52-20-7-5-15-44(52)30-37-55(54)57(45)39-48/h1-39H. The number of benzene rings is 11. The summed E-state index contributed by atoms with van der Waals surface area (Å²) in [4.78, 5) is 2.41. The molecule has 11 rings (SSSR count). The Morgan fingerprint density at radius 2 is 0.661 bits per heavy atom. The van der Waals surface area contributed by atoms with Crippen molar-refractivity contribution in [2.24, 2.45) is 0 Å². The van der Waals surface area contributed by atoms with Crippen molar-refractivity contribution in [3.05, 3.63) is 237 Å². The van der Waals surface area contributed by atoms with Gasteiger partial charge in [-0.25, -0.2) is 0 Å². The van der Waals surface area contributed by atoms with Gasteiger partial charge < -0.3 is 4.90 Å². The van der Waals surface area contributed by atoms with Crippen LogP contribution in [0.1, 0.15) is 0 Å². The number of hydrogen-bond donors (Lipinski definition) is 0. The Morgan fingerprint density at radius 3 is 1.37 bits per heavy atom. The third-order valence-corrected chi connectivity index (χ3v) is 11.9. The first-order chi connectivity index (χ1) is 29.2. The molecular weight excluding hydrogens is 711 g/mol. The lowest BCUT2D eigenvalue weighted by Gasteiger charge is -2.28. The maximum atomic E-state index is 2.41. The van der Waals surface area contributed by atoms with Gasteiger partial charge in [0.2, 0.25) is 0 Å². The number of hydrogen-bond acceptors (Lipinski definition) is 1. The van der Waals surface area contributed by atoms with Crippen molar-refractivity contribution in [1.82, 2.24) is 0 Å². The summed E-state index contributed by atoms with van der Waals surface area (Å²) in [5.74, 6) is 0. The Bertz CT molecular complexity index is 3300. The second-order valence-electron chi connectivity index (χ2n) is 15.3. The van der Waals surface area contributed by atoms with Crippen molar-refractivity contribution in [2.45, 2.75) is 0 Å². The van der Waals surface area contributed by atoms with E-state index in [1.807, 2.05) is 0 Å². The van der Waals surface area contributed by atoms with Crippen LogP contribution >= 0.6 is 0 Å². The second kappa shape index (κ2) is 14.6. The van der Waals surface area contributed by atoms with Gasteiger partial charge >= 0.3 is 0 Å². The Balaban J connectivity index is 1.02. The molecule has 1 heteroatoms. The Morgan fingerprint density at radius 1 is 0.220 bits per heavy atom. The Labute approximate surface area is 344 Å². The lowest BCUT2D eigenvalue weighted by atomic mass is 9.94. The summed E-state index contributed by atoms with van der Waals surface area (Å²) in [5.41, 5.74) is 12.9. The lowest BCUT2D eigenvalue weighted by Crippen LogP contribution is -2.11. The van der Waals surface area contributed by atoms with Crippen LogP contribution in [0.5, 0.6) is 0 Å². The summed E-state index contributed by atoms with van der Waals surface area (Å²) >= 11 is 0. The third kappa shape index (κ3) is 6.30. The van der Waals surface area contributed by atoms with Crippen LogP contribution in [0.25, 0.3) is 87.6 Å². The van der Waals surface area contributed by atoms with E-state index in [2.05, 4.69) is 241 Å².